The summed E-state index contributed by atoms with van der Waals surface area (Å²) in [5.74, 6) is 1.29. The Morgan fingerprint density at radius 1 is 1.35 bits per heavy atom. The minimum Gasteiger partial charge on any atom is -0.496 e. The summed E-state index contributed by atoms with van der Waals surface area (Å²) >= 11 is 9.21. The maximum Gasteiger partial charge on any atom is 0.164 e. The van der Waals surface area contributed by atoms with E-state index in [-0.39, 0.29) is 0 Å². The van der Waals surface area contributed by atoms with Crippen molar-refractivity contribution in [3.63, 3.8) is 0 Å². The maximum atomic E-state index is 5.95. The maximum absolute atomic E-state index is 5.95. The quantitative estimate of drug-likeness (QED) is 0.789. The Balaban J connectivity index is 2.55. The molecule has 0 atom stereocenters. The highest BCUT2D eigenvalue weighted by Crippen LogP contribution is 2.30. The van der Waals surface area contributed by atoms with Gasteiger partial charge in [-0.25, -0.2) is 9.97 Å². The molecule has 0 radical (unpaired) electrons. The predicted molar refractivity (Wildman–Crippen MR) is 71.5 cm³/mol. The molecule has 0 aliphatic heterocycles. The van der Waals surface area contributed by atoms with Gasteiger partial charge in [0.15, 0.2) is 5.82 Å². The molecule has 0 spiro atoms. The Labute approximate surface area is 113 Å². The van der Waals surface area contributed by atoms with Crippen LogP contribution < -0.4 is 4.74 Å². The van der Waals surface area contributed by atoms with Crippen molar-refractivity contribution in [1.82, 2.24) is 9.97 Å². The lowest BCUT2D eigenvalue weighted by Crippen LogP contribution is -1.94. The van der Waals surface area contributed by atoms with Crippen molar-refractivity contribution in [1.29, 1.82) is 0 Å². The SMILES string of the molecule is COc1cc(C)ccc1-c1ncc(Br)c(Cl)n1. The number of hydrogen-bond donors (Lipinski definition) is 0. The summed E-state index contributed by atoms with van der Waals surface area (Å²) in [6.45, 7) is 2.00. The molecule has 0 amide bonds. The Kier molecular flexibility index (Phi) is 3.64. The van der Waals surface area contributed by atoms with Crippen LogP contribution in [0.15, 0.2) is 28.9 Å². The molecule has 88 valence electrons. The van der Waals surface area contributed by atoms with Gasteiger partial charge in [-0.05, 0) is 40.5 Å². The van der Waals surface area contributed by atoms with Crippen LogP contribution in [0.1, 0.15) is 5.56 Å². The van der Waals surface area contributed by atoms with Gasteiger partial charge in [0, 0.05) is 6.20 Å². The summed E-state index contributed by atoms with van der Waals surface area (Å²) in [4.78, 5) is 8.43. The van der Waals surface area contributed by atoms with Gasteiger partial charge in [-0.15, -0.1) is 0 Å². The molecular formula is C12H10BrClN2O. The summed E-state index contributed by atoms with van der Waals surface area (Å²) < 4.78 is 5.99. The molecule has 0 saturated heterocycles. The third-order valence-corrected chi connectivity index (χ3v) is 3.40. The Morgan fingerprint density at radius 2 is 2.12 bits per heavy atom. The van der Waals surface area contributed by atoms with Crippen molar-refractivity contribution in [2.24, 2.45) is 0 Å². The van der Waals surface area contributed by atoms with Crippen molar-refractivity contribution in [3.8, 4) is 17.1 Å². The first-order chi connectivity index (χ1) is 8.11. The second-order valence-corrected chi connectivity index (χ2v) is 4.75. The monoisotopic (exact) mass is 312 g/mol. The van der Waals surface area contributed by atoms with E-state index >= 15 is 0 Å². The average molecular weight is 314 g/mol. The smallest absolute Gasteiger partial charge is 0.164 e. The third-order valence-electron chi connectivity index (χ3n) is 2.30. The molecule has 0 bridgehead atoms. The summed E-state index contributed by atoms with van der Waals surface area (Å²) in [6.07, 6.45) is 1.63. The molecular weight excluding hydrogens is 304 g/mol. The minimum absolute atomic E-state index is 0.387. The van der Waals surface area contributed by atoms with Gasteiger partial charge in [-0.1, -0.05) is 17.7 Å². The van der Waals surface area contributed by atoms with Crippen LogP contribution in [-0.4, -0.2) is 17.1 Å². The van der Waals surface area contributed by atoms with Gasteiger partial charge in [0.05, 0.1) is 17.1 Å². The summed E-state index contributed by atoms with van der Waals surface area (Å²) in [5.41, 5.74) is 1.95. The van der Waals surface area contributed by atoms with E-state index < -0.39 is 0 Å². The molecule has 2 aromatic rings. The molecule has 1 aromatic heterocycles. The first kappa shape index (κ1) is 12.3. The predicted octanol–water partition coefficient (Wildman–Crippen LogP) is 3.88. The zero-order valence-electron chi connectivity index (χ0n) is 9.37. The highest BCUT2D eigenvalue weighted by atomic mass is 79.9. The summed E-state index contributed by atoms with van der Waals surface area (Å²) in [5, 5.41) is 0.387. The normalized spacial score (nSPS) is 10.4. The topological polar surface area (TPSA) is 35.0 Å². The van der Waals surface area contributed by atoms with Gasteiger partial charge in [0.2, 0.25) is 0 Å². The van der Waals surface area contributed by atoms with Gasteiger partial charge in [0.25, 0.3) is 0 Å². The first-order valence-corrected chi connectivity index (χ1v) is 6.12. The fourth-order valence-electron chi connectivity index (χ4n) is 1.46. The number of nitrogens with zero attached hydrogens (tertiary/aromatic N) is 2. The van der Waals surface area contributed by atoms with E-state index in [1.54, 1.807) is 13.3 Å². The van der Waals surface area contributed by atoms with Crippen LogP contribution in [0.3, 0.4) is 0 Å². The van der Waals surface area contributed by atoms with Crippen LogP contribution in [-0.2, 0) is 0 Å². The molecule has 2 rings (SSSR count). The highest BCUT2D eigenvalue weighted by molar-refractivity contribution is 9.10. The lowest BCUT2D eigenvalue weighted by molar-refractivity contribution is 0.416. The van der Waals surface area contributed by atoms with Crippen LogP contribution in [0.5, 0.6) is 5.75 Å². The van der Waals surface area contributed by atoms with Gasteiger partial charge in [-0.3, -0.25) is 0 Å². The molecule has 3 nitrogen and oxygen atoms in total. The van der Waals surface area contributed by atoms with Gasteiger partial charge in [0.1, 0.15) is 10.9 Å². The standard InChI is InChI=1S/C12H10BrClN2O/c1-7-3-4-8(10(5-7)17-2)12-15-6-9(13)11(14)16-12/h3-6H,1-2H3. The molecule has 0 aliphatic rings. The Morgan fingerprint density at radius 3 is 2.76 bits per heavy atom. The van der Waals surface area contributed by atoms with Crippen LogP contribution in [0, 0.1) is 6.92 Å². The average Bonchev–Trinajstić information content (AvgIpc) is 2.32. The Hall–Kier alpha value is -1.13. The van der Waals surface area contributed by atoms with Crippen molar-refractivity contribution < 1.29 is 4.74 Å². The van der Waals surface area contributed by atoms with Crippen molar-refractivity contribution >= 4 is 27.5 Å². The molecule has 5 heteroatoms. The fourth-order valence-corrected chi connectivity index (χ4v) is 1.78. The van der Waals surface area contributed by atoms with Crippen LogP contribution in [0.2, 0.25) is 5.15 Å². The lowest BCUT2D eigenvalue weighted by Gasteiger charge is -2.08. The highest BCUT2D eigenvalue weighted by Gasteiger charge is 2.10. The molecule has 1 aromatic carbocycles. The molecule has 1 heterocycles. The largest absolute Gasteiger partial charge is 0.496 e. The number of aromatic nitrogens is 2. The number of methoxy groups -OCH3 is 1. The van der Waals surface area contributed by atoms with Crippen molar-refractivity contribution in [2.45, 2.75) is 6.92 Å². The number of hydrogen-bond acceptors (Lipinski definition) is 3. The molecule has 0 fully saturated rings. The summed E-state index contributed by atoms with van der Waals surface area (Å²) in [7, 11) is 1.62. The zero-order valence-corrected chi connectivity index (χ0v) is 11.7. The van der Waals surface area contributed by atoms with E-state index in [0.29, 0.717) is 15.5 Å². The van der Waals surface area contributed by atoms with Crippen molar-refractivity contribution in [3.05, 3.63) is 39.6 Å². The van der Waals surface area contributed by atoms with Crippen LogP contribution in [0.25, 0.3) is 11.4 Å². The Bertz CT molecular complexity index is 560. The third kappa shape index (κ3) is 2.58. The van der Waals surface area contributed by atoms with E-state index in [1.807, 2.05) is 25.1 Å². The van der Waals surface area contributed by atoms with Crippen LogP contribution in [0.4, 0.5) is 0 Å². The number of aryl methyl sites for hydroxylation is 1. The first-order valence-electron chi connectivity index (χ1n) is 4.95. The van der Waals surface area contributed by atoms with E-state index in [4.69, 9.17) is 16.3 Å². The minimum atomic E-state index is 0.387. The number of ether oxygens (including phenoxy) is 1. The van der Waals surface area contributed by atoms with Crippen molar-refractivity contribution in [2.75, 3.05) is 7.11 Å². The van der Waals surface area contributed by atoms with Gasteiger partial charge >= 0.3 is 0 Å². The molecule has 0 saturated carbocycles. The number of rotatable bonds is 2. The molecule has 17 heavy (non-hydrogen) atoms. The van der Waals surface area contributed by atoms with E-state index in [2.05, 4.69) is 25.9 Å². The van der Waals surface area contributed by atoms with Crippen LogP contribution >= 0.6 is 27.5 Å². The lowest BCUT2D eigenvalue weighted by atomic mass is 10.1. The van der Waals surface area contributed by atoms with E-state index in [0.717, 1.165) is 16.9 Å². The second kappa shape index (κ2) is 5.02. The molecule has 0 N–H and O–H groups in total. The summed E-state index contributed by atoms with van der Waals surface area (Å²) in [6, 6.07) is 5.85. The van der Waals surface area contributed by atoms with E-state index in [9.17, 15) is 0 Å². The zero-order chi connectivity index (χ0) is 12.4. The number of benzene rings is 1. The molecule has 0 aliphatic carbocycles. The molecule has 0 unspecified atom stereocenters. The van der Waals surface area contributed by atoms with Gasteiger partial charge < -0.3 is 4.74 Å². The fraction of sp³-hybridized carbons (Fsp3) is 0.167. The second-order valence-electron chi connectivity index (χ2n) is 3.54. The van der Waals surface area contributed by atoms with Gasteiger partial charge in [-0.2, -0.15) is 0 Å². The van der Waals surface area contributed by atoms with E-state index in [1.165, 1.54) is 0 Å². The number of halogens is 2.